The fourth-order valence-electron chi connectivity index (χ4n) is 2.57. The number of benzene rings is 3. The van der Waals surface area contributed by atoms with Crippen molar-refractivity contribution in [2.75, 3.05) is 10.0 Å². The maximum atomic E-state index is 13.0. The first-order valence-electron chi connectivity index (χ1n) is 8.53. The van der Waals surface area contributed by atoms with Crippen molar-refractivity contribution < 1.29 is 26.4 Å². The predicted octanol–water partition coefficient (Wildman–Crippen LogP) is 6.07. The summed E-state index contributed by atoms with van der Waals surface area (Å²) in [5, 5.41) is 1.76. The topological polar surface area (TPSA) is 75.3 Å². The summed E-state index contributed by atoms with van der Waals surface area (Å²) >= 11 is 11.7. The van der Waals surface area contributed by atoms with Crippen LogP contribution in [0.15, 0.2) is 71.6 Å². The fourth-order valence-corrected chi connectivity index (χ4v) is 4.18. The molecule has 0 saturated carbocycles. The van der Waals surface area contributed by atoms with Gasteiger partial charge in [-0.2, -0.15) is 13.2 Å². The van der Waals surface area contributed by atoms with Crippen molar-refractivity contribution in [3.05, 3.63) is 87.9 Å². The standard InChI is InChI=1S/C20H13Cl2F3N2O3S/c21-16-8-7-13(11-15(16)20(23,24)25)26-19(28)12-6-9-18(17(22)10-12)27-31(29,30)14-4-2-1-3-5-14/h1-11,27H,(H,26,28). The van der Waals surface area contributed by atoms with Gasteiger partial charge in [-0.1, -0.05) is 41.4 Å². The molecule has 3 aromatic rings. The number of alkyl halides is 3. The van der Waals surface area contributed by atoms with E-state index in [4.69, 9.17) is 23.2 Å². The fraction of sp³-hybridized carbons (Fsp3) is 0.0500. The van der Waals surface area contributed by atoms with Crippen LogP contribution < -0.4 is 10.0 Å². The van der Waals surface area contributed by atoms with E-state index in [1.165, 1.54) is 36.4 Å². The smallest absolute Gasteiger partial charge is 0.322 e. The highest BCUT2D eigenvalue weighted by molar-refractivity contribution is 7.92. The van der Waals surface area contributed by atoms with E-state index >= 15 is 0 Å². The third-order valence-electron chi connectivity index (χ3n) is 4.06. The van der Waals surface area contributed by atoms with Gasteiger partial charge in [0.05, 0.1) is 26.2 Å². The molecule has 0 spiro atoms. The van der Waals surface area contributed by atoms with Gasteiger partial charge in [0.25, 0.3) is 15.9 Å². The predicted molar refractivity (Wildman–Crippen MR) is 113 cm³/mol. The average Bonchev–Trinajstić information content (AvgIpc) is 2.70. The van der Waals surface area contributed by atoms with Crippen molar-refractivity contribution in [2.24, 2.45) is 0 Å². The summed E-state index contributed by atoms with van der Waals surface area (Å²) in [4.78, 5) is 12.4. The first kappa shape index (κ1) is 22.9. The summed E-state index contributed by atoms with van der Waals surface area (Å²) in [6.45, 7) is 0. The summed E-state index contributed by atoms with van der Waals surface area (Å²) in [6, 6.07) is 14.3. The van der Waals surface area contributed by atoms with Crippen molar-refractivity contribution in [1.82, 2.24) is 0 Å². The summed E-state index contributed by atoms with van der Waals surface area (Å²) < 4.78 is 66.0. The molecule has 1 amide bonds. The van der Waals surface area contributed by atoms with Gasteiger partial charge in [0.2, 0.25) is 0 Å². The minimum absolute atomic E-state index is 0.0103. The van der Waals surface area contributed by atoms with Crippen molar-refractivity contribution in [1.29, 1.82) is 0 Å². The number of sulfonamides is 1. The summed E-state index contributed by atoms with van der Waals surface area (Å²) in [5.74, 6) is -0.741. The van der Waals surface area contributed by atoms with Crippen LogP contribution in [-0.2, 0) is 16.2 Å². The van der Waals surface area contributed by atoms with E-state index in [2.05, 4.69) is 10.0 Å². The molecule has 0 unspecified atom stereocenters. The lowest BCUT2D eigenvalue weighted by molar-refractivity contribution is -0.137. The highest BCUT2D eigenvalue weighted by atomic mass is 35.5. The zero-order valence-corrected chi connectivity index (χ0v) is 17.7. The van der Waals surface area contributed by atoms with E-state index < -0.39 is 32.7 Å². The molecular formula is C20H13Cl2F3N2O3S. The monoisotopic (exact) mass is 488 g/mol. The zero-order valence-electron chi connectivity index (χ0n) is 15.4. The third-order valence-corrected chi connectivity index (χ3v) is 6.08. The van der Waals surface area contributed by atoms with Crippen LogP contribution in [-0.4, -0.2) is 14.3 Å². The number of halogens is 5. The van der Waals surface area contributed by atoms with Gasteiger partial charge in [0, 0.05) is 11.3 Å². The Bertz CT molecular complexity index is 1230. The Labute approximate surface area is 185 Å². The van der Waals surface area contributed by atoms with Gasteiger partial charge < -0.3 is 5.32 Å². The second-order valence-electron chi connectivity index (χ2n) is 6.26. The lowest BCUT2D eigenvalue weighted by atomic mass is 10.1. The van der Waals surface area contributed by atoms with Gasteiger partial charge in [0.15, 0.2) is 0 Å². The van der Waals surface area contributed by atoms with Gasteiger partial charge in [-0.05, 0) is 48.5 Å². The molecule has 3 aromatic carbocycles. The Balaban J connectivity index is 1.79. The van der Waals surface area contributed by atoms with Crippen LogP contribution >= 0.6 is 23.2 Å². The maximum Gasteiger partial charge on any atom is 0.417 e. The van der Waals surface area contributed by atoms with Crippen LogP contribution in [0.5, 0.6) is 0 Å². The Hall–Kier alpha value is -2.75. The van der Waals surface area contributed by atoms with E-state index in [-0.39, 0.29) is 26.9 Å². The lowest BCUT2D eigenvalue weighted by Gasteiger charge is -2.13. The maximum absolute atomic E-state index is 13.0. The molecule has 0 saturated heterocycles. The normalized spacial score (nSPS) is 11.8. The zero-order chi connectivity index (χ0) is 22.8. The molecule has 0 fully saturated rings. The average molecular weight is 489 g/mol. The molecule has 0 aliphatic carbocycles. The second kappa shape index (κ2) is 8.78. The van der Waals surface area contributed by atoms with Crippen molar-refractivity contribution >= 4 is 50.5 Å². The number of rotatable bonds is 5. The number of hydrogen-bond acceptors (Lipinski definition) is 3. The molecule has 0 radical (unpaired) electrons. The molecule has 2 N–H and O–H groups in total. The number of carbonyl (C=O) groups excluding carboxylic acids is 1. The lowest BCUT2D eigenvalue weighted by Crippen LogP contribution is -2.15. The number of nitrogens with one attached hydrogen (secondary N) is 2. The van der Waals surface area contributed by atoms with Gasteiger partial charge in [-0.25, -0.2) is 8.42 Å². The van der Waals surface area contributed by atoms with Gasteiger partial charge in [0.1, 0.15) is 0 Å². The van der Waals surface area contributed by atoms with E-state index in [0.717, 1.165) is 6.07 Å². The van der Waals surface area contributed by atoms with Crippen LogP contribution in [0.1, 0.15) is 15.9 Å². The van der Waals surface area contributed by atoms with E-state index in [1.54, 1.807) is 18.2 Å². The Morgan fingerprint density at radius 1 is 0.871 bits per heavy atom. The molecule has 5 nitrogen and oxygen atoms in total. The molecule has 0 aliphatic rings. The van der Waals surface area contributed by atoms with Crippen LogP contribution in [0.3, 0.4) is 0 Å². The molecule has 0 heterocycles. The second-order valence-corrected chi connectivity index (χ2v) is 8.76. The third kappa shape index (κ3) is 5.49. The molecule has 3 rings (SSSR count). The van der Waals surface area contributed by atoms with Crippen molar-refractivity contribution in [3.63, 3.8) is 0 Å². The highest BCUT2D eigenvalue weighted by Gasteiger charge is 2.33. The molecule has 0 aromatic heterocycles. The quantitative estimate of drug-likeness (QED) is 0.457. The van der Waals surface area contributed by atoms with Gasteiger partial charge >= 0.3 is 6.18 Å². The largest absolute Gasteiger partial charge is 0.417 e. The molecular weight excluding hydrogens is 476 g/mol. The highest BCUT2D eigenvalue weighted by Crippen LogP contribution is 2.36. The Morgan fingerprint density at radius 3 is 2.16 bits per heavy atom. The van der Waals surface area contributed by atoms with Gasteiger partial charge in [-0.15, -0.1) is 0 Å². The summed E-state index contributed by atoms with van der Waals surface area (Å²) in [5.41, 5.74) is -1.16. The minimum atomic E-state index is -4.68. The number of hydrogen-bond donors (Lipinski definition) is 2. The van der Waals surface area contributed by atoms with E-state index in [0.29, 0.717) is 6.07 Å². The van der Waals surface area contributed by atoms with Crippen LogP contribution in [0, 0.1) is 0 Å². The van der Waals surface area contributed by atoms with E-state index in [9.17, 15) is 26.4 Å². The number of amides is 1. The van der Waals surface area contributed by atoms with Crippen molar-refractivity contribution in [3.8, 4) is 0 Å². The molecule has 11 heteroatoms. The number of anilines is 2. The molecule has 31 heavy (non-hydrogen) atoms. The van der Waals surface area contributed by atoms with Gasteiger partial charge in [-0.3, -0.25) is 9.52 Å². The SMILES string of the molecule is O=C(Nc1ccc(Cl)c(C(F)(F)F)c1)c1ccc(NS(=O)(=O)c2ccccc2)c(Cl)c1. The van der Waals surface area contributed by atoms with Crippen LogP contribution in [0.4, 0.5) is 24.5 Å². The summed E-state index contributed by atoms with van der Waals surface area (Å²) in [7, 11) is -3.89. The first-order valence-corrected chi connectivity index (χ1v) is 10.8. The first-order chi connectivity index (χ1) is 14.5. The molecule has 162 valence electrons. The minimum Gasteiger partial charge on any atom is -0.322 e. The molecule has 0 aliphatic heterocycles. The van der Waals surface area contributed by atoms with Crippen LogP contribution in [0.25, 0.3) is 0 Å². The Morgan fingerprint density at radius 2 is 1.55 bits per heavy atom. The van der Waals surface area contributed by atoms with E-state index in [1.807, 2.05) is 0 Å². The van der Waals surface area contributed by atoms with Crippen LogP contribution in [0.2, 0.25) is 10.0 Å². The number of carbonyl (C=O) groups is 1. The van der Waals surface area contributed by atoms with Crippen molar-refractivity contribution in [2.45, 2.75) is 11.1 Å². The molecule has 0 bridgehead atoms. The summed E-state index contributed by atoms with van der Waals surface area (Å²) in [6.07, 6.45) is -4.68. The molecule has 0 atom stereocenters. The Kier molecular flexibility index (Phi) is 6.49.